The highest BCUT2D eigenvalue weighted by Crippen LogP contribution is 2.40. The van der Waals surface area contributed by atoms with Crippen molar-refractivity contribution in [2.24, 2.45) is 0 Å². The first-order valence-electron chi connectivity index (χ1n) is 4.26. The molecule has 0 atom stereocenters. The Morgan fingerprint density at radius 3 is 2.56 bits per heavy atom. The first-order valence-corrected chi connectivity index (χ1v) is 5.94. The van der Waals surface area contributed by atoms with E-state index in [-0.39, 0.29) is 4.47 Å². The van der Waals surface area contributed by atoms with Crippen LogP contribution >= 0.6 is 27.3 Å². The molecule has 0 amide bonds. The summed E-state index contributed by atoms with van der Waals surface area (Å²) in [6.07, 6.45) is -4.42. The minimum absolute atomic E-state index is 0.0365. The SMILES string of the molecule is Cc1ccsc1-c1n[nH]c(C(F)(F)F)c1Br. The van der Waals surface area contributed by atoms with Gasteiger partial charge in [0.25, 0.3) is 0 Å². The van der Waals surface area contributed by atoms with Crippen molar-refractivity contribution in [1.82, 2.24) is 10.2 Å². The van der Waals surface area contributed by atoms with Gasteiger partial charge in [0.1, 0.15) is 5.69 Å². The van der Waals surface area contributed by atoms with Crippen molar-refractivity contribution in [3.8, 4) is 10.6 Å². The second kappa shape index (κ2) is 3.89. The Balaban J connectivity index is 2.54. The zero-order chi connectivity index (χ0) is 11.9. The molecule has 0 fully saturated rings. The zero-order valence-electron chi connectivity index (χ0n) is 8.02. The quantitative estimate of drug-likeness (QED) is 0.839. The number of halogens is 4. The van der Waals surface area contributed by atoms with Crippen LogP contribution < -0.4 is 0 Å². The van der Waals surface area contributed by atoms with Crippen molar-refractivity contribution < 1.29 is 13.2 Å². The first-order chi connectivity index (χ1) is 7.41. The van der Waals surface area contributed by atoms with E-state index in [0.717, 1.165) is 10.4 Å². The molecule has 0 bridgehead atoms. The number of hydrogen-bond acceptors (Lipinski definition) is 2. The maximum Gasteiger partial charge on any atom is 0.433 e. The van der Waals surface area contributed by atoms with E-state index in [9.17, 15) is 13.2 Å². The molecular weight excluding hydrogens is 305 g/mol. The Labute approximate surface area is 102 Å². The van der Waals surface area contributed by atoms with Crippen molar-refractivity contribution in [1.29, 1.82) is 0 Å². The minimum Gasteiger partial charge on any atom is -0.272 e. The van der Waals surface area contributed by atoms with Gasteiger partial charge in [-0.25, -0.2) is 0 Å². The maximum atomic E-state index is 12.5. The number of thiophene rings is 1. The average Bonchev–Trinajstić information content (AvgIpc) is 2.70. The van der Waals surface area contributed by atoms with Crippen LogP contribution in [0.2, 0.25) is 0 Å². The molecule has 0 aliphatic carbocycles. The number of alkyl halides is 3. The molecule has 7 heteroatoms. The first kappa shape index (κ1) is 11.7. The molecule has 16 heavy (non-hydrogen) atoms. The number of H-pyrrole nitrogens is 1. The second-order valence-electron chi connectivity index (χ2n) is 3.19. The van der Waals surface area contributed by atoms with Gasteiger partial charge < -0.3 is 0 Å². The van der Waals surface area contributed by atoms with E-state index in [4.69, 9.17) is 0 Å². The van der Waals surface area contributed by atoms with E-state index in [1.807, 2.05) is 23.5 Å². The third-order valence-corrected chi connectivity index (χ3v) is 3.86. The van der Waals surface area contributed by atoms with Gasteiger partial charge in [0.2, 0.25) is 0 Å². The molecule has 0 unspecified atom stereocenters. The van der Waals surface area contributed by atoms with Crippen LogP contribution in [0, 0.1) is 6.92 Å². The lowest BCUT2D eigenvalue weighted by Gasteiger charge is -2.02. The van der Waals surface area contributed by atoms with Crippen LogP contribution in [-0.2, 0) is 6.18 Å². The van der Waals surface area contributed by atoms with Crippen molar-refractivity contribution in [3.63, 3.8) is 0 Å². The molecular formula is C9H6BrF3N2S. The summed E-state index contributed by atoms with van der Waals surface area (Å²) in [4.78, 5) is 0.735. The van der Waals surface area contributed by atoms with E-state index >= 15 is 0 Å². The van der Waals surface area contributed by atoms with Gasteiger partial charge in [-0.15, -0.1) is 11.3 Å². The number of aryl methyl sites for hydroxylation is 1. The summed E-state index contributed by atoms with van der Waals surface area (Å²) in [5.74, 6) is 0. The third-order valence-electron chi connectivity index (χ3n) is 2.07. The molecule has 0 aliphatic rings. The lowest BCUT2D eigenvalue weighted by molar-refractivity contribution is -0.141. The Hall–Kier alpha value is -0.820. The summed E-state index contributed by atoms with van der Waals surface area (Å²) in [7, 11) is 0. The lowest BCUT2D eigenvalue weighted by atomic mass is 10.2. The number of aromatic amines is 1. The summed E-state index contributed by atoms with van der Waals surface area (Å²) in [5.41, 5.74) is 0.362. The number of nitrogens with one attached hydrogen (secondary N) is 1. The van der Waals surface area contributed by atoms with Gasteiger partial charge in [-0.05, 0) is 39.9 Å². The smallest absolute Gasteiger partial charge is 0.272 e. The van der Waals surface area contributed by atoms with Gasteiger partial charge in [-0.3, -0.25) is 5.10 Å². The third kappa shape index (κ3) is 1.89. The van der Waals surface area contributed by atoms with Crippen LogP contribution in [0.4, 0.5) is 13.2 Å². The van der Waals surface area contributed by atoms with E-state index in [1.165, 1.54) is 11.3 Å². The topological polar surface area (TPSA) is 28.7 Å². The molecule has 0 aromatic carbocycles. The van der Waals surface area contributed by atoms with E-state index in [0.29, 0.717) is 5.69 Å². The van der Waals surface area contributed by atoms with Crippen LogP contribution in [0.15, 0.2) is 15.9 Å². The molecule has 2 nitrogen and oxygen atoms in total. The molecule has 1 N–H and O–H groups in total. The van der Waals surface area contributed by atoms with E-state index in [2.05, 4.69) is 21.0 Å². The minimum atomic E-state index is -4.42. The summed E-state index contributed by atoms with van der Waals surface area (Å²) in [6, 6.07) is 1.84. The zero-order valence-corrected chi connectivity index (χ0v) is 10.4. The molecule has 0 spiro atoms. The maximum absolute atomic E-state index is 12.5. The van der Waals surface area contributed by atoms with Gasteiger partial charge in [-0.1, -0.05) is 0 Å². The Morgan fingerprint density at radius 2 is 2.12 bits per heavy atom. The standard InChI is InChI=1S/C9H6BrF3N2S/c1-4-2-3-16-7(4)6-5(10)8(15-14-6)9(11,12)13/h2-3H,1H3,(H,14,15). The molecule has 0 radical (unpaired) electrons. The number of rotatable bonds is 1. The molecule has 2 aromatic rings. The van der Waals surface area contributed by atoms with Crippen molar-refractivity contribution >= 4 is 27.3 Å². The molecule has 0 saturated carbocycles. The Morgan fingerprint density at radius 1 is 1.44 bits per heavy atom. The fraction of sp³-hybridized carbons (Fsp3) is 0.222. The monoisotopic (exact) mass is 310 g/mol. The lowest BCUT2D eigenvalue weighted by Crippen LogP contribution is -2.06. The van der Waals surface area contributed by atoms with Crippen LogP contribution in [0.1, 0.15) is 11.3 Å². The number of nitrogens with zero attached hydrogens (tertiary/aromatic N) is 1. The summed E-state index contributed by atoms with van der Waals surface area (Å²) >= 11 is 4.30. The van der Waals surface area contributed by atoms with Crippen LogP contribution in [0.5, 0.6) is 0 Å². The highest BCUT2D eigenvalue weighted by molar-refractivity contribution is 9.10. The number of hydrogen-bond donors (Lipinski definition) is 1. The molecule has 2 heterocycles. The van der Waals surface area contributed by atoms with E-state index in [1.54, 1.807) is 0 Å². The summed E-state index contributed by atoms with van der Waals surface area (Å²) in [6.45, 7) is 1.83. The predicted octanol–water partition coefficient (Wildman–Crippen LogP) is 4.23. The molecule has 86 valence electrons. The highest BCUT2D eigenvalue weighted by Gasteiger charge is 2.37. The van der Waals surface area contributed by atoms with Gasteiger partial charge in [0.05, 0.1) is 9.35 Å². The summed E-state index contributed by atoms with van der Waals surface area (Å²) in [5, 5.41) is 7.54. The fourth-order valence-electron chi connectivity index (χ4n) is 1.28. The van der Waals surface area contributed by atoms with E-state index < -0.39 is 11.9 Å². The van der Waals surface area contributed by atoms with Crippen molar-refractivity contribution in [3.05, 3.63) is 27.2 Å². The molecule has 0 saturated heterocycles. The Bertz CT molecular complexity index is 515. The Kier molecular flexibility index (Phi) is 2.83. The molecule has 0 aliphatic heterocycles. The average molecular weight is 311 g/mol. The van der Waals surface area contributed by atoms with Crippen molar-refractivity contribution in [2.75, 3.05) is 0 Å². The second-order valence-corrected chi connectivity index (χ2v) is 4.90. The van der Waals surface area contributed by atoms with Gasteiger partial charge >= 0.3 is 6.18 Å². The predicted molar refractivity (Wildman–Crippen MR) is 59.3 cm³/mol. The van der Waals surface area contributed by atoms with Crippen LogP contribution in [0.3, 0.4) is 0 Å². The highest BCUT2D eigenvalue weighted by atomic mass is 79.9. The molecule has 2 rings (SSSR count). The summed E-state index contributed by atoms with van der Waals surface area (Å²) < 4.78 is 37.5. The fourth-order valence-corrected chi connectivity index (χ4v) is 2.94. The van der Waals surface area contributed by atoms with Crippen molar-refractivity contribution in [2.45, 2.75) is 13.1 Å². The van der Waals surface area contributed by atoms with Gasteiger partial charge in [0.15, 0.2) is 5.69 Å². The van der Waals surface area contributed by atoms with Crippen LogP contribution in [0.25, 0.3) is 10.6 Å². The van der Waals surface area contributed by atoms with Gasteiger partial charge in [0, 0.05) is 0 Å². The largest absolute Gasteiger partial charge is 0.433 e. The molecule has 2 aromatic heterocycles. The normalized spacial score (nSPS) is 12.1. The van der Waals surface area contributed by atoms with Gasteiger partial charge in [-0.2, -0.15) is 18.3 Å². The number of aromatic nitrogens is 2. The van der Waals surface area contributed by atoms with Crippen LogP contribution in [-0.4, -0.2) is 10.2 Å².